The Morgan fingerprint density at radius 1 is 1.57 bits per heavy atom. The maximum Gasteiger partial charge on any atom is 0.332 e. The van der Waals surface area contributed by atoms with Gasteiger partial charge in [0.15, 0.2) is 5.41 Å². The summed E-state index contributed by atoms with van der Waals surface area (Å²) >= 11 is 0. The second kappa shape index (κ2) is 4.75. The van der Waals surface area contributed by atoms with Crippen molar-refractivity contribution in [2.45, 2.75) is 37.8 Å². The number of carbonyl (C=O) groups is 1. The maximum absolute atomic E-state index is 11.2. The smallest absolute Gasteiger partial charge is 0.332 e. The van der Waals surface area contributed by atoms with E-state index in [1.165, 1.54) is 6.08 Å². The number of rotatable bonds is 3. The zero-order chi connectivity index (χ0) is 10.6. The lowest BCUT2D eigenvalue weighted by molar-refractivity contribution is -0.204. The normalized spacial score (nSPS) is 27.4. The molecule has 1 unspecified atom stereocenters. The topological polar surface area (TPSA) is 35.5 Å². The molecule has 0 aliphatic carbocycles. The first-order valence-corrected chi connectivity index (χ1v) is 7.99. The zero-order valence-electron chi connectivity index (χ0n) is 8.91. The molecule has 0 aromatic heterocycles. The van der Waals surface area contributed by atoms with Gasteiger partial charge in [0.25, 0.3) is 0 Å². The monoisotopic (exact) mass is 214 g/mol. The molecule has 0 N–H and O–H groups in total. The van der Waals surface area contributed by atoms with Crippen LogP contribution in [0.3, 0.4) is 0 Å². The average molecular weight is 214 g/mol. The summed E-state index contributed by atoms with van der Waals surface area (Å²) in [5.41, 5.74) is -0.580. The zero-order valence-corrected chi connectivity index (χ0v) is 10.1. The molecule has 1 aliphatic heterocycles. The first-order chi connectivity index (χ1) is 6.60. The number of hydrogen-bond donors (Lipinski definition) is 0. The highest BCUT2D eigenvalue weighted by atomic mass is 28.3. The van der Waals surface area contributed by atoms with Crippen LogP contribution in [0.4, 0.5) is 0 Å². The van der Waals surface area contributed by atoms with Gasteiger partial charge in [-0.05, 0) is 12.8 Å². The molecule has 1 fully saturated rings. The minimum Gasteiger partial charge on any atom is -0.435 e. The van der Waals surface area contributed by atoms with Gasteiger partial charge in [-0.2, -0.15) is 0 Å². The Morgan fingerprint density at radius 3 is 2.71 bits per heavy atom. The third-order valence-electron chi connectivity index (χ3n) is 2.59. The lowest BCUT2D eigenvalue weighted by Gasteiger charge is -2.39. The molecule has 1 rings (SSSR count). The van der Waals surface area contributed by atoms with Crippen LogP contribution in [-0.4, -0.2) is 26.8 Å². The van der Waals surface area contributed by atoms with E-state index in [-0.39, 0.29) is 5.97 Å². The summed E-state index contributed by atoms with van der Waals surface area (Å²) in [6.07, 6.45) is 4.19. The summed E-state index contributed by atoms with van der Waals surface area (Å²) in [6, 6.07) is 0. The van der Waals surface area contributed by atoms with Crippen LogP contribution in [-0.2, 0) is 14.3 Å². The summed E-state index contributed by atoms with van der Waals surface area (Å²) in [5, 5.41) is 0. The molecular weight excluding hydrogens is 196 g/mol. The number of esters is 1. The molecule has 4 heteroatoms. The summed E-state index contributed by atoms with van der Waals surface area (Å²) < 4.78 is 11.0. The van der Waals surface area contributed by atoms with Crippen molar-refractivity contribution in [3.8, 4) is 0 Å². The first kappa shape index (κ1) is 11.5. The highest BCUT2D eigenvalue weighted by Crippen LogP contribution is 2.29. The van der Waals surface area contributed by atoms with Gasteiger partial charge in [0.05, 0.1) is 6.61 Å². The molecular formula is C10H18O3Si. The second-order valence-electron chi connectivity index (χ2n) is 3.90. The highest BCUT2D eigenvalue weighted by Gasteiger charge is 2.40. The van der Waals surface area contributed by atoms with Crippen molar-refractivity contribution in [1.29, 1.82) is 0 Å². The minimum atomic E-state index is -1.17. The van der Waals surface area contributed by atoms with Gasteiger partial charge in [-0.15, -0.1) is 0 Å². The van der Waals surface area contributed by atoms with Crippen molar-refractivity contribution in [3.63, 3.8) is 0 Å². The summed E-state index contributed by atoms with van der Waals surface area (Å²) in [6.45, 7) is 8.39. The number of hydrogen-bond acceptors (Lipinski definition) is 3. The molecule has 80 valence electrons. The van der Waals surface area contributed by atoms with E-state index in [4.69, 9.17) is 9.47 Å². The Morgan fingerprint density at radius 2 is 2.29 bits per heavy atom. The molecule has 3 nitrogen and oxygen atoms in total. The largest absolute Gasteiger partial charge is 0.435 e. The van der Waals surface area contributed by atoms with E-state index in [2.05, 4.69) is 19.7 Å². The molecule has 0 saturated carbocycles. The fraction of sp³-hybridized carbons (Fsp3) is 0.700. The standard InChI is InChI=1S/C10H18O3Si/c1-4-9(11)13-10(14(2)3)7-5-6-8-12-10/h4,14H,1,5-8H2,2-3H3. The Hall–Kier alpha value is -0.613. The van der Waals surface area contributed by atoms with Gasteiger partial charge >= 0.3 is 5.97 Å². The lowest BCUT2D eigenvalue weighted by atomic mass is 10.2. The van der Waals surface area contributed by atoms with Gasteiger partial charge in [-0.1, -0.05) is 19.7 Å². The summed E-state index contributed by atoms with van der Waals surface area (Å²) in [5.74, 6) is -0.367. The van der Waals surface area contributed by atoms with Crippen LogP contribution < -0.4 is 0 Å². The summed E-state index contributed by atoms with van der Waals surface area (Å²) in [4.78, 5) is 11.2. The van der Waals surface area contributed by atoms with Gasteiger partial charge in [-0.25, -0.2) is 4.79 Å². The molecule has 0 radical (unpaired) electrons. The van der Waals surface area contributed by atoms with Crippen molar-refractivity contribution >= 4 is 14.8 Å². The molecule has 0 bridgehead atoms. The van der Waals surface area contributed by atoms with E-state index in [0.717, 1.165) is 19.3 Å². The third-order valence-corrected chi connectivity index (χ3v) is 4.92. The van der Waals surface area contributed by atoms with Crippen molar-refractivity contribution in [2.24, 2.45) is 0 Å². The van der Waals surface area contributed by atoms with E-state index >= 15 is 0 Å². The van der Waals surface area contributed by atoms with E-state index in [1.807, 2.05) is 0 Å². The van der Waals surface area contributed by atoms with Crippen molar-refractivity contribution < 1.29 is 14.3 Å². The lowest BCUT2D eigenvalue weighted by Crippen LogP contribution is -2.50. The van der Waals surface area contributed by atoms with Crippen molar-refractivity contribution in [1.82, 2.24) is 0 Å². The molecule has 1 heterocycles. The first-order valence-electron chi connectivity index (χ1n) is 5.10. The maximum atomic E-state index is 11.2. The molecule has 1 saturated heterocycles. The van der Waals surface area contributed by atoms with Gasteiger partial charge in [0, 0.05) is 12.5 Å². The van der Waals surface area contributed by atoms with Crippen LogP contribution in [0.25, 0.3) is 0 Å². The van der Waals surface area contributed by atoms with Crippen LogP contribution in [0.2, 0.25) is 13.1 Å². The molecule has 1 atom stereocenters. The van der Waals surface area contributed by atoms with Crippen molar-refractivity contribution in [2.75, 3.05) is 6.61 Å². The van der Waals surface area contributed by atoms with E-state index in [1.54, 1.807) is 0 Å². The van der Waals surface area contributed by atoms with Gasteiger partial charge in [0.1, 0.15) is 8.80 Å². The molecule has 0 amide bonds. The van der Waals surface area contributed by atoms with E-state index < -0.39 is 14.2 Å². The number of carbonyl (C=O) groups excluding carboxylic acids is 1. The second-order valence-corrected chi connectivity index (χ2v) is 7.09. The van der Waals surface area contributed by atoms with Crippen molar-refractivity contribution in [3.05, 3.63) is 12.7 Å². The fourth-order valence-corrected chi connectivity index (χ4v) is 3.24. The van der Waals surface area contributed by atoms with Crippen LogP contribution in [0.15, 0.2) is 12.7 Å². The number of ether oxygens (including phenoxy) is 2. The summed E-state index contributed by atoms with van der Waals surface area (Å²) in [7, 11) is -1.17. The Balaban J connectivity index is 2.70. The highest BCUT2D eigenvalue weighted by molar-refractivity contribution is 6.58. The van der Waals surface area contributed by atoms with E-state index in [0.29, 0.717) is 6.61 Å². The average Bonchev–Trinajstić information content (AvgIpc) is 2.19. The Labute approximate surface area is 86.7 Å². The molecule has 0 spiro atoms. The fourth-order valence-electron chi connectivity index (χ4n) is 1.66. The van der Waals surface area contributed by atoms with Gasteiger partial charge < -0.3 is 9.47 Å². The SMILES string of the molecule is C=CC(=O)OC1([SiH](C)C)CCCCO1. The molecule has 0 aromatic rings. The van der Waals surface area contributed by atoms with Crippen LogP contribution in [0, 0.1) is 0 Å². The Bertz CT molecular complexity index is 219. The van der Waals surface area contributed by atoms with Gasteiger partial charge in [0.2, 0.25) is 0 Å². The molecule has 14 heavy (non-hydrogen) atoms. The molecule has 1 aliphatic rings. The van der Waals surface area contributed by atoms with Crippen LogP contribution >= 0.6 is 0 Å². The van der Waals surface area contributed by atoms with Crippen LogP contribution in [0.1, 0.15) is 19.3 Å². The predicted molar refractivity (Wildman–Crippen MR) is 57.7 cm³/mol. The van der Waals surface area contributed by atoms with Crippen LogP contribution in [0.5, 0.6) is 0 Å². The van der Waals surface area contributed by atoms with Gasteiger partial charge in [-0.3, -0.25) is 0 Å². The van der Waals surface area contributed by atoms with E-state index in [9.17, 15) is 4.79 Å². The quantitative estimate of drug-likeness (QED) is 0.407. The molecule has 0 aromatic carbocycles. The Kier molecular flexibility index (Phi) is 3.89. The predicted octanol–water partition coefficient (Wildman–Crippen LogP) is 1.64. The third kappa shape index (κ3) is 2.45. The minimum absolute atomic E-state index is 0.367.